The first-order valence-corrected chi connectivity index (χ1v) is 10.7. The maximum Gasteiger partial charge on any atom is 0.119 e. The minimum atomic E-state index is 0.466. The lowest BCUT2D eigenvalue weighted by atomic mass is 9.99. The molecule has 0 unspecified atom stereocenters. The third-order valence-electron chi connectivity index (χ3n) is 4.54. The first kappa shape index (κ1) is 26.4. The molecule has 4 heteroatoms. The third kappa shape index (κ3) is 9.96. The van der Waals surface area contributed by atoms with Crippen LogP contribution in [0.2, 0.25) is 0 Å². The normalized spacial score (nSPS) is 9.52. The minimum Gasteiger partial charge on any atom is -0.508 e. The van der Waals surface area contributed by atoms with Crippen molar-refractivity contribution < 1.29 is 10.2 Å². The van der Waals surface area contributed by atoms with E-state index in [9.17, 15) is 10.2 Å². The van der Waals surface area contributed by atoms with Crippen LogP contribution in [-0.4, -0.2) is 16.2 Å². The van der Waals surface area contributed by atoms with Gasteiger partial charge in [0, 0.05) is 0 Å². The van der Waals surface area contributed by atoms with Gasteiger partial charge in [-0.25, -0.2) is 10.8 Å². The fourth-order valence-electron chi connectivity index (χ4n) is 3.33. The highest BCUT2D eigenvalue weighted by atomic mass is 16.3. The molecule has 2 aromatic carbocycles. The lowest BCUT2D eigenvalue weighted by molar-refractivity contribution is 0.466. The van der Waals surface area contributed by atoms with Gasteiger partial charge >= 0.3 is 0 Å². The molecule has 0 spiro atoms. The van der Waals surface area contributed by atoms with E-state index in [0.29, 0.717) is 11.5 Å². The second kappa shape index (κ2) is 16.4. The Balaban J connectivity index is 0.000000477. The van der Waals surface area contributed by atoms with Crippen LogP contribution in [0, 0.1) is 10.8 Å². The van der Waals surface area contributed by atoms with Gasteiger partial charge in [0.2, 0.25) is 0 Å². The highest BCUT2D eigenvalue weighted by Crippen LogP contribution is 2.24. The molecule has 0 saturated heterocycles. The number of phenols is 2. The smallest absolute Gasteiger partial charge is 0.119 e. The van der Waals surface area contributed by atoms with Gasteiger partial charge in [-0.05, 0) is 60.1 Å². The highest BCUT2D eigenvalue weighted by molar-refractivity contribution is 5.40. The number of phenolic OH excluding ortho intramolecular Hbond substituents is 2. The van der Waals surface area contributed by atoms with E-state index in [0.717, 1.165) is 62.5 Å². The molecule has 0 aliphatic rings. The van der Waals surface area contributed by atoms with Crippen LogP contribution < -0.4 is 0 Å². The van der Waals surface area contributed by atoms with Crippen LogP contribution in [0.5, 0.6) is 11.5 Å². The SMILES string of the molecule is CCCc1cccc(O)c1CCC.CCCc1cccc(O)c1CCC.N=C=N. The molecule has 0 aliphatic heterocycles. The van der Waals surface area contributed by atoms with Crippen molar-refractivity contribution in [2.45, 2.75) is 79.1 Å². The summed E-state index contributed by atoms with van der Waals surface area (Å²) in [7, 11) is 0. The zero-order chi connectivity index (χ0) is 22.1. The lowest BCUT2D eigenvalue weighted by Crippen LogP contribution is -1.93. The van der Waals surface area contributed by atoms with Crippen LogP contribution in [0.4, 0.5) is 0 Å². The number of hydrogen-bond donors (Lipinski definition) is 4. The van der Waals surface area contributed by atoms with Crippen molar-refractivity contribution in [2.24, 2.45) is 0 Å². The molecule has 2 rings (SSSR count). The van der Waals surface area contributed by atoms with Crippen molar-refractivity contribution in [3.05, 3.63) is 58.7 Å². The summed E-state index contributed by atoms with van der Waals surface area (Å²) in [5.74, 6) is 0.931. The van der Waals surface area contributed by atoms with Crippen LogP contribution in [0.1, 0.15) is 75.6 Å². The molecule has 0 aliphatic carbocycles. The van der Waals surface area contributed by atoms with Gasteiger partial charge in [0.25, 0.3) is 0 Å². The lowest BCUT2D eigenvalue weighted by Gasteiger charge is -2.09. The monoisotopic (exact) mass is 398 g/mol. The summed E-state index contributed by atoms with van der Waals surface area (Å²) in [6.45, 7) is 8.61. The number of rotatable bonds is 8. The largest absolute Gasteiger partial charge is 0.508 e. The van der Waals surface area contributed by atoms with E-state index in [4.69, 9.17) is 10.8 Å². The van der Waals surface area contributed by atoms with Crippen molar-refractivity contribution in [2.75, 3.05) is 0 Å². The van der Waals surface area contributed by atoms with E-state index < -0.39 is 0 Å². The summed E-state index contributed by atoms with van der Waals surface area (Å²) < 4.78 is 0. The Labute approximate surface area is 176 Å². The fraction of sp³-hybridized carbons (Fsp3) is 0.480. The van der Waals surface area contributed by atoms with Crippen molar-refractivity contribution in [3.8, 4) is 11.5 Å². The Hall–Kier alpha value is -2.58. The standard InChI is InChI=1S/2C12H18O.CH2N2/c2*1-3-6-10-8-5-9-12(13)11(10)7-4-2;2-1-3/h2*5,8-9,13H,3-4,6-7H2,1-2H3;2-3H. The topological polar surface area (TPSA) is 88.2 Å². The van der Waals surface area contributed by atoms with E-state index >= 15 is 0 Å². The van der Waals surface area contributed by atoms with E-state index in [2.05, 4.69) is 39.8 Å². The molecule has 29 heavy (non-hydrogen) atoms. The van der Waals surface area contributed by atoms with Gasteiger partial charge in [-0.2, -0.15) is 0 Å². The highest BCUT2D eigenvalue weighted by Gasteiger charge is 2.06. The van der Waals surface area contributed by atoms with E-state index in [1.54, 1.807) is 12.1 Å². The summed E-state index contributed by atoms with van der Waals surface area (Å²) >= 11 is 0. The minimum absolute atomic E-state index is 0.466. The van der Waals surface area contributed by atoms with E-state index in [1.807, 2.05) is 12.1 Å². The van der Waals surface area contributed by atoms with Gasteiger partial charge in [-0.15, -0.1) is 0 Å². The molecule has 0 radical (unpaired) electrons. The summed E-state index contributed by atoms with van der Waals surface area (Å²) in [5, 5.41) is 30.5. The summed E-state index contributed by atoms with van der Waals surface area (Å²) in [6.07, 6.45) is 8.58. The maximum absolute atomic E-state index is 9.65. The molecule has 160 valence electrons. The van der Waals surface area contributed by atoms with Gasteiger partial charge < -0.3 is 10.2 Å². The number of nitrogens with one attached hydrogen (secondary N) is 2. The van der Waals surface area contributed by atoms with Gasteiger partial charge in [-0.1, -0.05) is 77.6 Å². The zero-order valence-electron chi connectivity index (χ0n) is 18.5. The average molecular weight is 399 g/mol. The second-order valence-electron chi connectivity index (χ2n) is 6.95. The molecule has 0 saturated carbocycles. The van der Waals surface area contributed by atoms with Gasteiger partial charge in [0.05, 0.1) is 6.01 Å². The van der Waals surface area contributed by atoms with E-state index in [-0.39, 0.29) is 0 Å². The Morgan fingerprint density at radius 1 is 0.621 bits per heavy atom. The molecule has 4 N–H and O–H groups in total. The number of aryl methyl sites for hydroxylation is 2. The quantitative estimate of drug-likeness (QED) is 0.364. The molecule has 0 atom stereocenters. The van der Waals surface area contributed by atoms with Gasteiger partial charge in [0.1, 0.15) is 11.5 Å². The molecule has 0 fully saturated rings. The van der Waals surface area contributed by atoms with Gasteiger partial charge in [0.15, 0.2) is 0 Å². The predicted molar refractivity (Wildman–Crippen MR) is 123 cm³/mol. The molecular weight excluding hydrogens is 360 g/mol. The number of benzene rings is 2. The molecule has 2 aromatic rings. The first-order chi connectivity index (χ1) is 14.0. The molecule has 4 nitrogen and oxygen atoms in total. The Morgan fingerprint density at radius 3 is 1.21 bits per heavy atom. The Bertz CT molecular complexity index is 678. The molecule has 0 amide bonds. The maximum atomic E-state index is 9.65. The average Bonchev–Trinajstić information content (AvgIpc) is 2.69. The predicted octanol–water partition coefficient (Wildman–Crippen LogP) is 6.91. The van der Waals surface area contributed by atoms with E-state index in [1.165, 1.54) is 17.1 Å². The number of aromatic hydroxyl groups is 2. The van der Waals surface area contributed by atoms with Crippen LogP contribution >= 0.6 is 0 Å². The first-order valence-electron chi connectivity index (χ1n) is 10.7. The second-order valence-corrected chi connectivity index (χ2v) is 6.95. The van der Waals surface area contributed by atoms with Crippen LogP contribution in [0.25, 0.3) is 0 Å². The van der Waals surface area contributed by atoms with Crippen LogP contribution in [0.15, 0.2) is 36.4 Å². The third-order valence-corrected chi connectivity index (χ3v) is 4.54. The Kier molecular flexibility index (Phi) is 14.9. The summed E-state index contributed by atoms with van der Waals surface area (Å²) in [4.78, 5) is 0. The van der Waals surface area contributed by atoms with Crippen molar-refractivity contribution >= 4 is 6.01 Å². The van der Waals surface area contributed by atoms with Crippen molar-refractivity contribution in [1.29, 1.82) is 10.8 Å². The molecule has 0 heterocycles. The van der Waals surface area contributed by atoms with Crippen molar-refractivity contribution in [1.82, 2.24) is 0 Å². The molecule has 0 bridgehead atoms. The molecular formula is C25H38N2O2. The van der Waals surface area contributed by atoms with Crippen LogP contribution in [-0.2, 0) is 25.7 Å². The summed E-state index contributed by atoms with van der Waals surface area (Å²) in [6, 6.07) is 12.9. The molecule has 0 aromatic heterocycles. The summed E-state index contributed by atoms with van der Waals surface area (Å²) in [5.41, 5.74) is 4.91. The van der Waals surface area contributed by atoms with Gasteiger partial charge in [-0.3, -0.25) is 0 Å². The van der Waals surface area contributed by atoms with Crippen molar-refractivity contribution in [3.63, 3.8) is 0 Å². The Morgan fingerprint density at radius 2 is 0.931 bits per heavy atom. The fourth-order valence-corrected chi connectivity index (χ4v) is 3.33. The zero-order valence-corrected chi connectivity index (χ0v) is 18.5. The number of hydrogen-bond acceptors (Lipinski definition) is 4. The van der Waals surface area contributed by atoms with Crippen LogP contribution in [0.3, 0.4) is 0 Å².